The number of carbonyl (C=O) groups excluding carboxylic acids is 2. The first-order valence-electron chi connectivity index (χ1n) is 11.6. The summed E-state index contributed by atoms with van der Waals surface area (Å²) in [5, 5.41) is 3.74. The molecule has 1 aromatic heterocycles. The summed E-state index contributed by atoms with van der Waals surface area (Å²) in [6.07, 6.45) is 0.0858. The second-order valence-corrected chi connectivity index (χ2v) is 8.55. The zero-order chi connectivity index (χ0) is 25.2. The molecule has 2 aromatic carbocycles. The molecular weight excluding hydrogens is 455 g/mol. The lowest BCUT2D eigenvalue weighted by Crippen LogP contribution is -2.39. The summed E-state index contributed by atoms with van der Waals surface area (Å²) in [6, 6.07) is 12.5. The first-order valence-corrected chi connectivity index (χ1v) is 11.6. The van der Waals surface area contributed by atoms with Gasteiger partial charge >= 0.3 is 6.18 Å². The van der Waals surface area contributed by atoms with Crippen molar-refractivity contribution in [2.24, 2.45) is 5.92 Å². The van der Waals surface area contributed by atoms with Gasteiger partial charge in [-0.3, -0.25) is 14.6 Å². The van der Waals surface area contributed by atoms with Crippen LogP contribution >= 0.6 is 0 Å². The van der Waals surface area contributed by atoms with E-state index in [1.54, 1.807) is 18.3 Å². The number of amides is 2. The third-order valence-electron chi connectivity index (χ3n) is 6.35. The van der Waals surface area contributed by atoms with E-state index in [2.05, 4.69) is 10.3 Å². The number of rotatable bonds is 5. The predicted octanol–water partition coefficient (Wildman–Crippen LogP) is 6.45. The van der Waals surface area contributed by atoms with E-state index in [4.69, 9.17) is 0 Å². The zero-order valence-electron chi connectivity index (χ0n) is 19.5. The van der Waals surface area contributed by atoms with Crippen LogP contribution in [0.1, 0.15) is 44.2 Å². The van der Waals surface area contributed by atoms with Gasteiger partial charge in [0.2, 0.25) is 11.8 Å². The van der Waals surface area contributed by atoms with Gasteiger partial charge in [-0.2, -0.15) is 13.2 Å². The number of fused-ring (bicyclic) bond motifs is 2. The van der Waals surface area contributed by atoms with Gasteiger partial charge in [0.05, 0.1) is 16.8 Å². The average Bonchev–Trinajstić information content (AvgIpc) is 2.84. The number of nitrogens with zero attached hydrogens (tertiary/aromatic N) is 2. The van der Waals surface area contributed by atoms with E-state index in [9.17, 15) is 22.8 Å². The third-order valence-corrected chi connectivity index (χ3v) is 6.35. The van der Waals surface area contributed by atoms with Crippen LogP contribution in [-0.4, -0.2) is 23.3 Å². The molecule has 5 nitrogen and oxygen atoms in total. The molecule has 3 aromatic rings. The second kappa shape index (κ2) is 9.90. The lowest BCUT2D eigenvalue weighted by Gasteiger charge is -2.34. The summed E-state index contributed by atoms with van der Waals surface area (Å²) in [6.45, 7) is 3.99. The molecule has 1 aliphatic heterocycles. The van der Waals surface area contributed by atoms with Gasteiger partial charge < -0.3 is 10.2 Å². The molecule has 0 aliphatic carbocycles. The normalized spacial score (nSPS) is 14.9. The van der Waals surface area contributed by atoms with Gasteiger partial charge in [-0.15, -0.1) is 0 Å². The minimum Gasteiger partial charge on any atom is -0.322 e. The minimum atomic E-state index is -4.54. The van der Waals surface area contributed by atoms with Crippen molar-refractivity contribution >= 4 is 39.7 Å². The smallest absolute Gasteiger partial charge is 0.322 e. The van der Waals surface area contributed by atoms with Crippen molar-refractivity contribution in [3.63, 3.8) is 0 Å². The Morgan fingerprint density at radius 1 is 1.11 bits per heavy atom. The molecule has 0 bridgehead atoms. The zero-order valence-corrected chi connectivity index (χ0v) is 19.5. The van der Waals surface area contributed by atoms with Crippen LogP contribution in [-0.2, 0) is 15.8 Å². The summed E-state index contributed by atoms with van der Waals surface area (Å²) in [4.78, 5) is 31.6. The van der Waals surface area contributed by atoms with Gasteiger partial charge in [-0.05, 0) is 55.2 Å². The lowest BCUT2D eigenvalue weighted by atomic mass is 9.91. The first kappa shape index (κ1) is 24.4. The molecule has 0 saturated heterocycles. The molecule has 35 heavy (non-hydrogen) atoms. The van der Waals surface area contributed by atoms with E-state index in [0.717, 1.165) is 23.0 Å². The van der Waals surface area contributed by atoms with E-state index in [1.807, 2.05) is 32.0 Å². The Balaban J connectivity index is 1.66. The molecular formula is C27H26F3N3O2. The predicted molar refractivity (Wildman–Crippen MR) is 131 cm³/mol. The Bertz CT molecular complexity index is 1300. The van der Waals surface area contributed by atoms with Gasteiger partial charge in [-0.25, -0.2) is 0 Å². The fourth-order valence-corrected chi connectivity index (χ4v) is 4.41. The Kier molecular flexibility index (Phi) is 6.91. The van der Waals surface area contributed by atoms with Crippen molar-refractivity contribution < 1.29 is 22.8 Å². The monoisotopic (exact) mass is 481 g/mol. The molecule has 1 aliphatic rings. The number of hydrogen-bond acceptors (Lipinski definition) is 3. The number of alkyl halides is 3. The minimum absolute atomic E-state index is 0.192. The molecule has 1 N–H and O–H groups in total. The van der Waals surface area contributed by atoms with Crippen molar-refractivity contribution in [3.8, 4) is 0 Å². The van der Waals surface area contributed by atoms with Crippen molar-refractivity contribution in [1.82, 2.24) is 4.98 Å². The maximum absolute atomic E-state index is 13.5. The van der Waals surface area contributed by atoms with E-state index >= 15 is 0 Å². The van der Waals surface area contributed by atoms with Crippen molar-refractivity contribution in [3.05, 3.63) is 71.9 Å². The number of halogens is 3. The molecule has 0 fully saturated rings. The largest absolute Gasteiger partial charge is 0.416 e. The Morgan fingerprint density at radius 2 is 1.89 bits per heavy atom. The van der Waals surface area contributed by atoms with Gasteiger partial charge in [0.1, 0.15) is 0 Å². The number of nitrogens with one attached hydrogen (secondary N) is 1. The summed E-state index contributed by atoms with van der Waals surface area (Å²) >= 11 is 0. The highest BCUT2D eigenvalue weighted by Gasteiger charge is 2.35. The van der Waals surface area contributed by atoms with Gasteiger partial charge in [0, 0.05) is 41.4 Å². The highest BCUT2D eigenvalue weighted by Crippen LogP contribution is 2.40. The van der Waals surface area contributed by atoms with Crippen LogP contribution in [0.15, 0.2) is 60.8 Å². The van der Waals surface area contributed by atoms with Crippen LogP contribution in [0, 0.1) is 5.92 Å². The van der Waals surface area contributed by atoms with E-state index in [-0.39, 0.29) is 24.1 Å². The summed E-state index contributed by atoms with van der Waals surface area (Å²) in [5.74, 6) is -0.864. The maximum atomic E-state index is 13.5. The molecule has 2 heterocycles. The number of carbonyl (C=O) groups is 2. The molecule has 4 rings (SSSR count). The van der Waals surface area contributed by atoms with E-state index in [1.165, 1.54) is 17.0 Å². The van der Waals surface area contributed by atoms with Crippen LogP contribution in [0.25, 0.3) is 16.5 Å². The number of benzene rings is 2. The van der Waals surface area contributed by atoms with Crippen molar-refractivity contribution in [1.29, 1.82) is 0 Å². The van der Waals surface area contributed by atoms with E-state index < -0.39 is 17.6 Å². The maximum Gasteiger partial charge on any atom is 0.416 e. The quantitative estimate of drug-likeness (QED) is 0.426. The average molecular weight is 482 g/mol. The Labute approximate surface area is 201 Å². The third kappa shape index (κ3) is 5.21. The highest BCUT2D eigenvalue weighted by atomic mass is 19.4. The molecule has 0 unspecified atom stereocenters. The number of hydrogen-bond donors (Lipinski definition) is 1. The van der Waals surface area contributed by atoms with Gasteiger partial charge in [0.15, 0.2) is 0 Å². The van der Waals surface area contributed by atoms with Crippen LogP contribution < -0.4 is 10.2 Å². The molecule has 0 spiro atoms. The summed E-state index contributed by atoms with van der Waals surface area (Å²) in [5.41, 5.74) is 1.70. The fraction of sp³-hybridized carbons (Fsp3) is 0.296. The molecule has 0 saturated carbocycles. The fourth-order valence-electron chi connectivity index (χ4n) is 4.41. The van der Waals surface area contributed by atoms with Crippen LogP contribution in [0.2, 0.25) is 0 Å². The SMILES string of the molecule is CCC(CC)C(=O)N1CC/C(=C\C(=O)Nc2ccc3cccnc3c2)c2ccc(C(F)(F)F)cc21. The van der Waals surface area contributed by atoms with Crippen LogP contribution in [0.4, 0.5) is 24.5 Å². The Hall–Kier alpha value is -3.68. The summed E-state index contributed by atoms with van der Waals surface area (Å²) < 4.78 is 40.4. The van der Waals surface area contributed by atoms with E-state index in [0.29, 0.717) is 36.1 Å². The number of aromatic nitrogens is 1. The lowest BCUT2D eigenvalue weighted by molar-refractivity contribution is -0.137. The van der Waals surface area contributed by atoms with Crippen molar-refractivity contribution in [2.75, 3.05) is 16.8 Å². The topological polar surface area (TPSA) is 62.3 Å². The molecule has 2 amide bonds. The van der Waals surface area contributed by atoms with Crippen LogP contribution in [0.5, 0.6) is 0 Å². The van der Waals surface area contributed by atoms with Crippen molar-refractivity contribution in [2.45, 2.75) is 39.3 Å². The Morgan fingerprint density at radius 3 is 2.60 bits per heavy atom. The first-order chi connectivity index (χ1) is 16.7. The number of pyridine rings is 1. The second-order valence-electron chi connectivity index (χ2n) is 8.55. The van der Waals surface area contributed by atoms with Gasteiger partial charge in [-0.1, -0.05) is 32.0 Å². The molecule has 182 valence electrons. The highest BCUT2D eigenvalue weighted by molar-refractivity contribution is 6.07. The standard InChI is InChI=1S/C27H26F3N3O2/c1-3-17(4-2)26(35)33-13-11-19(22-10-8-20(15-24(22)33)27(28,29)30)14-25(34)32-21-9-7-18-6-5-12-31-23(18)16-21/h5-10,12,14-17H,3-4,11,13H2,1-2H3,(H,32,34)/b19-14+. The van der Waals surface area contributed by atoms with Crippen LogP contribution in [0.3, 0.4) is 0 Å². The van der Waals surface area contributed by atoms with Gasteiger partial charge in [0.25, 0.3) is 0 Å². The summed E-state index contributed by atoms with van der Waals surface area (Å²) in [7, 11) is 0. The number of anilines is 2. The molecule has 0 atom stereocenters. The molecule has 8 heteroatoms. The molecule has 0 radical (unpaired) electrons.